The number of carbonyl (C=O) groups excluding carboxylic acids is 2. The van der Waals surface area contributed by atoms with Gasteiger partial charge in [0.25, 0.3) is 5.91 Å². The minimum absolute atomic E-state index is 0.0352. The predicted molar refractivity (Wildman–Crippen MR) is 106 cm³/mol. The smallest absolute Gasteiger partial charge is 0.263 e. The van der Waals surface area contributed by atoms with Gasteiger partial charge in [-0.2, -0.15) is 0 Å². The third-order valence-corrected chi connectivity index (χ3v) is 5.93. The first-order valence-electron chi connectivity index (χ1n) is 10.0. The highest BCUT2D eigenvalue weighted by atomic mass is 35.5. The van der Waals surface area contributed by atoms with Crippen LogP contribution in [0.1, 0.15) is 51.9 Å². The van der Waals surface area contributed by atoms with Gasteiger partial charge in [-0.25, -0.2) is 0 Å². The van der Waals surface area contributed by atoms with Crippen molar-refractivity contribution in [2.75, 3.05) is 13.1 Å². The lowest BCUT2D eigenvalue weighted by atomic mass is 9.88. The van der Waals surface area contributed by atoms with E-state index in [1.807, 2.05) is 17.0 Å². The van der Waals surface area contributed by atoms with Crippen LogP contribution in [0.25, 0.3) is 0 Å². The predicted octanol–water partition coefficient (Wildman–Crippen LogP) is 3.79. The Kier molecular flexibility index (Phi) is 7.00. The lowest BCUT2D eigenvalue weighted by Crippen LogP contribution is -2.50. The van der Waals surface area contributed by atoms with Crippen LogP contribution in [-0.4, -0.2) is 41.9 Å². The van der Waals surface area contributed by atoms with E-state index in [0.29, 0.717) is 23.9 Å². The number of hydrogen-bond acceptors (Lipinski definition) is 3. The van der Waals surface area contributed by atoms with Crippen molar-refractivity contribution in [3.05, 3.63) is 29.3 Å². The molecule has 1 N–H and O–H groups in total. The van der Waals surface area contributed by atoms with Gasteiger partial charge in [-0.15, -0.1) is 0 Å². The molecule has 1 aromatic carbocycles. The van der Waals surface area contributed by atoms with E-state index in [0.717, 1.165) is 38.5 Å². The molecule has 1 atom stereocenters. The molecule has 0 bridgehead atoms. The van der Waals surface area contributed by atoms with Crippen LogP contribution in [0.5, 0.6) is 5.75 Å². The van der Waals surface area contributed by atoms with Crippen LogP contribution in [0.15, 0.2) is 24.3 Å². The van der Waals surface area contributed by atoms with Crippen LogP contribution in [0.4, 0.5) is 0 Å². The third-order valence-electron chi connectivity index (χ3n) is 5.62. The molecule has 2 fully saturated rings. The van der Waals surface area contributed by atoms with Gasteiger partial charge in [-0.1, -0.05) is 43.0 Å². The van der Waals surface area contributed by atoms with Crippen LogP contribution < -0.4 is 10.1 Å². The maximum Gasteiger partial charge on any atom is 0.263 e. The standard InChI is InChI=1S/C21H29ClN2O3/c1-15(27-19-10-6-5-9-18(19)22)21(26)24-13-11-17(12-14-24)23-20(25)16-7-3-2-4-8-16/h5-6,9-10,15-17H,2-4,7-8,11-14H2,1H3,(H,23,25). The van der Waals surface area contributed by atoms with Gasteiger partial charge < -0.3 is 15.0 Å². The number of piperidine rings is 1. The maximum atomic E-state index is 12.7. The lowest BCUT2D eigenvalue weighted by Gasteiger charge is -2.34. The van der Waals surface area contributed by atoms with Gasteiger partial charge >= 0.3 is 0 Å². The van der Waals surface area contributed by atoms with Gasteiger partial charge in [-0.3, -0.25) is 9.59 Å². The Morgan fingerprint density at radius 1 is 1.11 bits per heavy atom. The SMILES string of the molecule is CC(Oc1ccccc1Cl)C(=O)N1CCC(NC(=O)C2CCCCC2)CC1. The summed E-state index contributed by atoms with van der Waals surface area (Å²) in [6.45, 7) is 3.04. The number of para-hydroxylation sites is 1. The number of carbonyl (C=O) groups is 2. The number of hydrogen-bond donors (Lipinski definition) is 1. The topological polar surface area (TPSA) is 58.6 Å². The van der Waals surface area contributed by atoms with Crippen molar-refractivity contribution in [3.63, 3.8) is 0 Å². The molecule has 27 heavy (non-hydrogen) atoms. The lowest BCUT2D eigenvalue weighted by molar-refractivity contribution is -0.139. The monoisotopic (exact) mass is 392 g/mol. The molecular formula is C21H29ClN2O3. The molecule has 0 radical (unpaired) electrons. The fourth-order valence-corrected chi connectivity index (χ4v) is 4.15. The first-order valence-corrected chi connectivity index (χ1v) is 10.4. The quantitative estimate of drug-likeness (QED) is 0.829. The van der Waals surface area contributed by atoms with Crippen LogP contribution >= 0.6 is 11.6 Å². The largest absolute Gasteiger partial charge is 0.479 e. The molecule has 1 unspecified atom stereocenters. The second-order valence-corrected chi connectivity index (χ2v) is 8.04. The van der Waals surface area contributed by atoms with Gasteiger partial charge in [0.05, 0.1) is 5.02 Å². The normalized spacial score (nSPS) is 20.1. The molecule has 1 saturated carbocycles. The molecule has 1 aliphatic carbocycles. The van der Waals surface area contributed by atoms with Crippen LogP contribution in [-0.2, 0) is 9.59 Å². The van der Waals surface area contributed by atoms with Crippen molar-refractivity contribution in [2.24, 2.45) is 5.92 Å². The Hall–Kier alpha value is -1.75. The third kappa shape index (κ3) is 5.38. The molecule has 0 spiro atoms. The van der Waals surface area contributed by atoms with E-state index < -0.39 is 6.10 Å². The first kappa shape index (κ1) is 20.0. The molecule has 2 aliphatic rings. The van der Waals surface area contributed by atoms with Crippen LogP contribution in [0.2, 0.25) is 5.02 Å². The highest BCUT2D eigenvalue weighted by Gasteiger charge is 2.29. The molecule has 1 aliphatic heterocycles. The number of halogens is 1. The van der Waals surface area contributed by atoms with Gasteiger partial charge in [-0.05, 0) is 44.7 Å². The van der Waals surface area contributed by atoms with E-state index in [1.165, 1.54) is 6.42 Å². The van der Waals surface area contributed by atoms with Crippen LogP contribution in [0.3, 0.4) is 0 Å². The molecule has 3 rings (SSSR count). The minimum Gasteiger partial charge on any atom is -0.479 e. The average molecular weight is 393 g/mol. The minimum atomic E-state index is -0.585. The van der Waals surface area contributed by atoms with E-state index in [9.17, 15) is 9.59 Å². The Labute approximate surface area is 166 Å². The fourth-order valence-electron chi connectivity index (χ4n) is 3.97. The Morgan fingerprint density at radius 2 is 1.78 bits per heavy atom. The van der Waals surface area contributed by atoms with Crippen molar-refractivity contribution < 1.29 is 14.3 Å². The zero-order valence-corrected chi connectivity index (χ0v) is 16.7. The fraction of sp³-hybridized carbons (Fsp3) is 0.619. The number of benzene rings is 1. The summed E-state index contributed by atoms with van der Waals surface area (Å²) in [6.07, 6.45) is 6.60. The molecule has 2 amide bonds. The van der Waals surface area contributed by atoms with Gasteiger partial charge in [0.1, 0.15) is 5.75 Å². The summed E-state index contributed by atoms with van der Waals surface area (Å²) in [5.41, 5.74) is 0. The second kappa shape index (κ2) is 9.45. The zero-order chi connectivity index (χ0) is 19.2. The molecule has 1 saturated heterocycles. The maximum absolute atomic E-state index is 12.7. The second-order valence-electron chi connectivity index (χ2n) is 7.63. The molecule has 5 nitrogen and oxygen atoms in total. The van der Waals surface area contributed by atoms with E-state index >= 15 is 0 Å². The number of likely N-dealkylation sites (tertiary alicyclic amines) is 1. The average Bonchev–Trinajstić information content (AvgIpc) is 2.70. The van der Waals surface area contributed by atoms with Gasteiger partial charge in [0.2, 0.25) is 5.91 Å². The van der Waals surface area contributed by atoms with E-state index in [2.05, 4.69) is 5.32 Å². The van der Waals surface area contributed by atoms with E-state index in [1.54, 1.807) is 19.1 Å². The molecule has 0 aromatic heterocycles. The summed E-state index contributed by atoms with van der Waals surface area (Å²) in [6, 6.07) is 7.34. The number of ether oxygens (including phenoxy) is 1. The number of nitrogens with zero attached hydrogens (tertiary/aromatic N) is 1. The van der Waals surface area contributed by atoms with Gasteiger partial charge in [0, 0.05) is 25.0 Å². The van der Waals surface area contributed by atoms with Gasteiger partial charge in [0.15, 0.2) is 6.10 Å². The summed E-state index contributed by atoms with van der Waals surface area (Å²) < 4.78 is 5.74. The number of rotatable bonds is 5. The Balaban J connectivity index is 1.44. The summed E-state index contributed by atoms with van der Waals surface area (Å²) in [7, 11) is 0. The molecule has 148 valence electrons. The number of amides is 2. The van der Waals surface area contributed by atoms with Crippen molar-refractivity contribution in [3.8, 4) is 5.75 Å². The molecular weight excluding hydrogens is 364 g/mol. The van der Waals surface area contributed by atoms with Crippen molar-refractivity contribution in [1.29, 1.82) is 0 Å². The van der Waals surface area contributed by atoms with Crippen molar-refractivity contribution in [1.82, 2.24) is 10.2 Å². The van der Waals surface area contributed by atoms with Crippen LogP contribution in [0, 0.1) is 5.92 Å². The first-order chi connectivity index (χ1) is 13.0. The summed E-state index contributed by atoms with van der Waals surface area (Å²) >= 11 is 6.10. The molecule has 1 aromatic rings. The summed E-state index contributed by atoms with van der Waals surface area (Å²) in [5.74, 6) is 0.874. The highest BCUT2D eigenvalue weighted by molar-refractivity contribution is 6.32. The van der Waals surface area contributed by atoms with Crippen molar-refractivity contribution >= 4 is 23.4 Å². The molecule has 1 heterocycles. The molecule has 6 heteroatoms. The zero-order valence-electron chi connectivity index (χ0n) is 16.0. The summed E-state index contributed by atoms with van der Waals surface area (Å²) in [4.78, 5) is 26.9. The van der Waals surface area contributed by atoms with E-state index in [-0.39, 0.29) is 23.8 Å². The van der Waals surface area contributed by atoms with E-state index in [4.69, 9.17) is 16.3 Å². The number of nitrogens with one attached hydrogen (secondary N) is 1. The Bertz CT molecular complexity index is 653. The Morgan fingerprint density at radius 3 is 2.44 bits per heavy atom. The summed E-state index contributed by atoms with van der Waals surface area (Å²) in [5, 5.41) is 3.70. The highest BCUT2D eigenvalue weighted by Crippen LogP contribution is 2.26. The van der Waals surface area contributed by atoms with Crippen molar-refractivity contribution in [2.45, 2.75) is 64.0 Å².